The average molecular weight is 322 g/mol. The second-order valence-corrected chi connectivity index (χ2v) is 5.08. The molecule has 1 aromatic carbocycles. The van der Waals surface area contributed by atoms with Gasteiger partial charge in [0.05, 0.1) is 6.10 Å². The Kier molecular flexibility index (Phi) is 6.43. The van der Waals surface area contributed by atoms with E-state index < -0.39 is 12.7 Å². The molecule has 124 valence electrons. The number of nitrogens with zero attached hydrogens (tertiary/aromatic N) is 1. The average Bonchev–Trinajstić information content (AvgIpc) is 2.57. The van der Waals surface area contributed by atoms with Gasteiger partial charge in [-0.2, -0.15) is 8.78 Å². The van der Waals surface area contributed by atoms with Crippen LogP contribution in [0.5, 0.6) is 5.75 Å². The van der Waals surface area contributed by atoms with Crippen molar-refractivity contribution in [1.82, 2.24) is 10.3 Å². The van der Waals surface area contributed by atoms with Crippen LogP contribution >= 0.6 is 0 Å². The van der Waals surface area contributed by atoms with Crippen LogP contribution in [0.4, 0.5) is 8.78 Å². The van der Waals surface area contributed by atoms with Crippen molar-refractivity contribution in [2.24, 2.45) is 0 Å². The third kappa shape index (κ3) is 4.97. The van der Waals surface area contributed by atoms with Gasteiger partial charge in [0.25, 0.3) is 0 Å². The Bertz CT molecular complexity index is 596. The fourth-order valence-electron chi connectivity index (χ4n) is 2.40. The van der Waals surface area contributed by atoms with Gasteiger partial charge in [0.1, 0.15) is 5.75 Å². The van der Waals surface area contributed by atoms with Crippen molar-refractivity contribution >= 4 is 0 Å². The van der Waals surface area contributed by atoms with Crippen LogP contribution in [0, 0.1) is 0 Å². The smallest absolute Gasteiger partial charge is 0.387 e. The number of hydrogen-bond donors (Lipinski definition) is 2. The third-order valence-electron chi connectivity index (χ3n) is 3.57. The number of aliphatic hydroxyl groups is 1. The number of rotatable bonds is 8. The number of benzene rings is 1. The number of pyridine rings is 1. The minimum Gasteiger partial charge on any atom is -0.434 e. The van der Waals surface area contributed by atoms with Crippen LogP contribution < -0.4 is 10.1 Å². The van der Waals surface area contributed by atoms with Gasteiger partial charge in [-0.1, -0.05) is 25.1 Å². The number of ether oxygens (including phenoxy) is 1. The van der Waals surface area contributed by atoms with Gasteiger partial charge in [-0.3, -0.25) is 4.98 Å². The summed E-state index contributed by atoms with van der Waals surface area (Å²) >= 11 is 0. The van der Waals surface area contributed by atoms with E-state index in [4.69, 9.17) is 0 Å². The zero-order valence-corrected chi connectivity index (χ0v) is 12.8. The Labute approximate surface area is 134 Å². The van der Waals surface area contributed by atoms with E-state index in [1.54, 1.807) is 42.7 Å². The van der Waals surface area contributed by atoms with Crippen molar-refractivity contribution < 1.29 is 18.6 Å². The normalized spacial score (nSPS) is 13.8. The quantitative estimate of drug-likeness (QED) is 0.781. The van der Waals surface area contributed by atoms with Crippen LogP contribution in [0.3, 0.4) is 0 Å². The molecule has 1 aromatic heterocycles. The molecule has 1 heterocycles. The summed E-state index contributed by atoms with van der Waals surface area (Å²) in [6.07, 6.45) is 3.20. The first-order chi connectivity index (χ1) is 11.1. The van der Waals surface area contributed by atoms with E-state index in [2.05, 4.69) is 15.0 Å². The molecular formula is C17H20F2N2O2. The molecule has 0 saturated heterocycles. The fraction of sp³-hybridized carbons (Fsp3) is 0.353. The highest BCUT2D eigenvalue weighted by Gasteiger charge is 2.18. The predicted octanol–water partition coefficient (Wildman–Crippen LogP) is 3.46. The van der Waals surface area contributed by atoms with Crippen molar-refractivity contribution in [2.45, 2.75) is 32.1 Å². The molecule has 2 atom stereocenters. The summed E-state index contributed by atoms with van der Waals surface area (Å²) < 4.78 is 29.6. The summed E-state index contributed by atoms with van der Waals surface area (Å²) in [4.78, 5) is 3.91. The van der Waals surface area contributed by atoms with E-state index in [1.807, 2.05) is 6.92 Å². The second kappa shape index (κ2) is 8.55. The van der Waals surface area contributed by atoms with Gasteiger partial charge in [0.2, 0.25) is 0 Å². The van der Waals surface area contributed by atoms with Crippen LogP contribution in [0.2, 0.25) is 0 Å². The molecule has 4 nitrogen and oxygen atoms in total. The first-order valence-corrected chi connectivity index (χ1v) is 7.47. The lowest BCUT2D eigenvalue weighted by atomic mass is 10.0. The summed E-state index contributed by atoms with van der Waals surface area (Å²) in [5.74, 6) is 0.153. The van der Waals surface area contributed by atoms with E-state index in [0.29, 0.717) is 18.5 Å². The number of para-hydroxylation sites is 1. The fourth-order valence-corrected chi connectivity index (χ4v) is 2.40. The maximum absolute atomic E-state index is 12.5. The molecule has 2 aromatic rings. The third-order valence-corrected chi connectivity index (χ3v) is 3.57. The van der Waals surface area contributed by atoms with Gasteiger partial charge in [-0.25, -0.2) is 0 Å². The lowest BCUT2D eigenvalue weighted by Gasteiger charge is -2.22. The van der Waals surface area contributed by atoms with Gasteiger partial charge < -0.3 is 15.2 Å². The lowest BCUT2D eigenvalue weighted by Crippen LogP contribution is -2.26. The van der Waals surface area contributed by atoms with Gasteiger partial charge in [0, 0.05) is 30.5 Å². The molecule has 0 amide bonds. The molecule has 0 radical (unpaired) electrons. The molecule has 0 saturated carbocycles. The maximum atomic E-state index is 12.5. The van der Waals surface area contributed by atoms with Gasteiger partial charge in [0.15, 0.2) is 0 Å². The lowest BCUT2D eigenvalue weighted by molar-refractivity contribution is -0.0507. The summed E-state index contributed by atoms with van der Waals surface area (Å²) in [5.41, 5.74) is 1.40. The van der Waals surface area contributed by atoms with Gasteiger partial charge in [-0.15, -0.1) is 0 Å². The highest BCUT2D eigenvalue weighted by molar-refractivity contribution is 5.36. The Morgan fingerprint density at radius 1 is 1.17 bits per heavy atom. The number of alkyl halides is 2. The molecule has 0 aliphatic heterocycles. The van der Waals surface area contributed by atoms with E-state index >= 15 is 0 Å². The summed E-state index contributed by atoms with van der Waals surface area (Å²) in [6, 6.07) is 9.98. The highest BCUT2D eigenvalue weighted by Crippen LogP contribution is 2.28. The number of nitrogens with one attached hydrogen (secondary N) is 1. The van der Waals surface area contributed by atoms with Crippen LogP contribution in [0.15, 0.2) is 48.8 Å². The molecule has 23 heavy (non-hydrogen) atoms. The summed E-state index contributed by atoms with van der Waals surface area (Å²) in [5, 5.41) is 13.4. The monoisotopic (exact) mass is 322 g/mol. The van der Waals surface area contributed by atoms with Crippen molar-refractivity contribution in [3.63, 3.8) is 0 Å². The van der Waals surface area contributed by atoms with E-state index in [1.165, 1.54) is 6.07 Å². The zero-order chi connectivity index (χ0) is 16.7. The first kappa shape index (κ1) is 17.3. The number of aliphatic hydroxyl groups excluding tert-OH is 1. The van der Waals surface area contributed by atoms with Crippen LogP contribution in [0.1, 0.15) is 36.6 Å². The van der Waals surface area contributed by atoms with Gasteiger partial charge in [-0.05, 0) is 30.2 Å². The molecule has 0 aliphatic rings. The minimum absolute atomic E-state index is 0.153. The molecule has 0 aliphatic carbocycles. The van der Waals surface area contributed by atoms with Crippen LogP contribution in [0.25, 0.3) is 0 Å². The largest absolute Gasteiger partial charge is 0.434 e. The minimum atomic E-state index is -2.86. The maximum Gasteiger partial charge on any atom is 0.387 e. The van der Waals surface area contributed by atoms with Crippen molar-refractivity contribution in [1.29, 1.82) is 0 Å². The number of halogens is 2. The first-order valence-electron chi connectivity index (χ1n) is 7.47. The zero-order valence-electron chi connectivity index (χ0n) is 12.8. The Morgan fingerprint density at radius 3 is 2.52 bits per heavy atom. The Morgan fingerprint density at radius 2 is 1.87 bits per heavy atom. The van der Waals surface area contributed by atoms with E-state index in [0.717, 1.165) is 5.56 Å². The predicted molar refractivity (Wildman–Crippen MR) is 83.3 cm³/mol. The van der Waals surface area contributed by atoms with Crippen molar-refractivity contribution in [2.75, 3.05) is 6.54 Å². The van der Waals surface area contributed by atoms with Crippen LogP contribution in [-0.2, 0) is 0 Å². The number of hydrogen-bond acceptors (Lipinski definition) is 4. The van der Waals surface area contributed by atoms with Crippen molar-refractivity contribution in [3.8, 4) is 5.75 Å². The summed E-state index contributed by atoms with van der Waals surface area (Å²) in [7, 11) is 0. The van der Waals surface area contributed by atoms with Crippen molar-refractivity contribution in [3.05, 3.63) is 59.9 Å². The molecule has 0 spiro atoms. The van der Waals surface area contributed by atoms with E-state index in [9.17, 15) is 13.9 Å². The standard InChI is InChI=1S/C17H20F2N2O2/c1-2-14(13-5-3-4-6-16(13)23-17(18)19)21-11-15(22)12-7-9-20-10-8-12/h3-10,14-15,17,21-22H,2,11H2,1H3. The molecule has 2 unspecified atom stereocenters. The Hall–Kier alpha value is -2.05. The molecule has 0 bridgehead atoms. The SMILES string of the molecule is CCC(NCC(O)c1ccncc1)c1ccccc1OC(F)F. The molecule has 2 N–H and O–H groups in total. The second-order valence-electron chi connectivity index (χ2n) is 5.08. The van der Waals surface area contributed by atoms with E-state index in [-0.39, 0.29) is 11.8 Å². The molecule has 2 rings (SSSR count). The molecule has 0 fully saturated rings. The molecule has 6 heteroatoms. The highest BCUT2D eigenvalue weighted by atomic mass is 19.3. The molecular weight excluding hydrogens is 302 g/mol. The van der Waals surface area contributed by atoms with Gasteiger partial charge >= 0.3 is 6.61 Å². The summed E-state index contributed by atoms with van der Waals surface area (Å²) in [6.45, 7) is -0.627. The van der Waals surface area contributed by atoms with Crippen LogP contribution in [-0.4, -0.2) is 23.2 Å². The number of aromatic nitrogens is 1. The topological polar surface area (TPSA) is 54.4 Å². The Balaban J connectivity index is 2.06.